The Labute approximate surface area is 175 Å². The molecule has 1 amide bonds. The van der Waals surface area contributed by atoms with Gasteiger partial charge in [-0.2, -0.15) is 4.68 Å². The van der Waals surface area contributed by atoms with E-state index in [4.69, 9.17) is 4.74 Å². The normalized spacial score (nSPS) is 29.8. The van der Waals surface area contributed by atoms with Gasteiger partial charge in [0.1, 0.15) is 11.4 Å². The molecule has 29 heavy (non-hydrogen) atoms. The van der Waals surface area contributed by atoms with Crippen molar-refractivity contribution in [3.63, 3.8) is 0 Å². The zero-order valence-corrected chi connectivity index (χ0v) is 17.7. The monoisotopic (exact) mass is 413 g/mol. The molecule has 8 heteroatoms. The second-order valence-corrected chi connectivity index (χ2v) is 9.80. The van der Waals surface area contributed by atoms with Gasteiger partial charge in [0, 0.05) is 6.04 Å². The van der Waals surface area contributed by atoms with Crippen molar-refractivity contribution >= 4 is 17.7 Å². The van der Waals surface area contributed by atoms with E-state index in [-0.39, 0.29) is 5.91 Å². The smallest absolute Gasteiger partial charge is 0.230 e. The zero-order valence-electron chi connectivity index (χ0n) is 16.9. The molecule has 0 saturated heterocycles. The Morgan fingerprint density at radius 2 is 1.93 bits per heavy atom. The maximum Gasteiger partial charge on any atom is 0.230 e. The quantitative estimate of drug-likeness (QED) is 0.733. The van der Waals surface area contributed by atoms with Gasteiger partial charge >= 0.3 is 0 Å². The first-order valence-electron chi connectivity index (χ1n) is 10.5. The van der Waals surface area contributed by atoms with Gasteiger partial charge in [-0.15, -0.1) is 5.10 Å². The molecule has 4 bridgehead atoms. The molecule has 0 radical (unpaired) electrons. The Morgan fingerprint density at radius 3 is 2.62 bits per heavy atom. The van der Waals surface area contributed by atoms with Gasteiger partial charge in [0.05, 0.1) is 12.9 Å². The van der Waals surface area contributed by atoms with Crippen LogP contribution in [-0.2, 0) is 4.79 Å². The fraction of sp³-hybridized carbons (Fsp3) is 0.619. The second kappa shape index (κ2) is 7.63. The number of rotatable bonds is 6. The van der Waals surface area contributed by atoms with Crippen molar-refractivity contribution < 1.29 is 9.53 Å². The molecule has 154 valence electrons. The van der Waals surface area contributed by atoms with Crippen LogP contribution in [0.3, 0.4) is 0 Å². The second-order valence-electron chi connectivity index (χ2n) is 8.86. The Kier molecular flexibility index (Phi) is 4.97. The first kappa shape index (κ1) is 18.9. The van der Waals surface area contributed by atoms with Crippen molar-refractivity contribution in [1.82, 2.24) is 25.5 Å². The van der Waals surface area contributed by atoms with E-state index in [1.807, 2.05) is 25.1 Å². The average Bonchev–Trinajstić information content (AvgIpc) is 3.17. The molecule has 7 nitrogen and oxygen atoms in total. The fourth-order valence-electron chi connectivity index (χ4n) is 5.90. The molecule has 1 N–H and O–H groups in total. The lowest BCUT2D eigenvalue weighted by molar-refractivity contribution is -0.122. The molecule has 1 heterocycles. The topological polar surface area (TPSA) is 81.9 Å². The number of nitrogens with zero attached hydrogens (tertiary/aromatic N) is 4. The highest BCUT2D eigenvalue weighted by atomic mass is 32.2. The number of hydrogen-bond donors (Lipinski definition) is 1. The Hall–Kier alpha value is -2.09. The molecular formula is C21H27N5O2S. The molecule has 1 aromatic carbocycles. The van der Waals surface area contributed by atoms with Crippen LogP contribution in [-0.4, -0.2) is 45.0 Å². The lowest BCUT2D eigenvalue weighted by atomic mass is 9.54. The van der Waals surface area contributed by atoms with E-state index in [0.29, 0.717) is 34.5 Å². The summed E-state index contributed by atoms with van der Waals surface area (Å²) in [5.41, 5.74) is 1.87. The molecule has 6 rings (SSSR count). The number of methoxy groups -OCH3 is 1. The number of aryl methyl sites for hydroxylation is 1. The van der Waals surface area contributed by atoms with Crippen LogP contribution in [0.4, 0.5) is 0 Å². The summed E-state index contributed by atoms with van der Waals surface area (Å²) in [5, 5.41) is 16.0. The minimum Gasteiger partial charge on any atom is -0.494 e. The third-order valence-corrected chi connectivity index (χ3v) is 7.81. The highest BCUT2D eigenvalue weighted by Gasteiger charge is 2.48. The van der Waals surface area contributed by atoms with E-state index in [1.165, 1.54) is 43.9 Å². The van der Waals surface area contributed by atoms with Gasteiger partial charge in [0.25, 0.3) is 0 Å². The Bertz CT molecular complexity index is 886. The number of benzene rings is 1. The first-order chi connectivity index (χ1) is 14.1. The van der Waals surface area contributed by atoms with Crippen LogP contribution in [0.5, 0.6) is 5.75 Å². The summed E-state index contributed by atoms with van der Waals surface area (Å²) in [6, 6.07) is 6.23. The number of amides is 1. The molecule has 4 aliphatic carbocycles. The summed E-state index contributed by atoms with van der Waals surface area (Å²) < 4.78 is 7.10. The molecule has 4 saturated carbocycles. The van der Waals surface area contributed by atoms with Crippen molar-refractivity contribution in [3.8, 4) is 11.4 Å². The van der Waals surface area contributed by atoms with Crippen LogP contribution in [0.2, 0.25) is 0 Å². The van der Waals surface area contributed by atoms with Crippen molar-refractivity contribution in [1.29, 1.82) is 0 Å². The molecular weight excluding hydrogens is 386 g/mol. The summed E-state index contributed by atoms with van der Waals surface area (Å²) in [7, 11) is 1.63. The number of thioether (sulfide) groups is 1. The number of carbonyl (C=O) groups excluding carboxylic acids is 1. The van der Waals surface area contributed by atoms with E-state index in [2.05, 4.69) is 20.8 Å². The van der Waals surface area contributed by atoms with Crippen LogP contribution in [0.25, 0.3) is 5.69 Å². The third-order valence-electron chi connectivity index (χ3n) is 6.89. The number of carbonyl (C=O) groups is 1. The van der Waals surface area contributed by atoms with Gasteiger partial charge in [-0.3, -0.25) is 4.79 Å². The third kappa shape index (κ3) is 3.63. The standard InChI is InChI=1S/C21H27N5O2S/c1-12-3-4-18(28-2)17(5-12)26-21(23-24-25-26)29-11-19(27)22-20-15-7-13-6-14(9-15)10-16(20)8-13/h3-5,13-16,20H,6-11H2,1-2H3,(H,22,27). The largest absolute Gasteiger partial charge is 0.494 e. The highest BCUT2D eigenvalue weighted by Crippen LogP contribution is 2.53. The SMILES string of the molecule is COc1ccc(C)cc1-n1nnnc1SCC(=O)NC1C2CC3CC(C2)CC1C3. The van der Waals surface area contributed by atoms with Gasteiger partial charge < -0.3 is 10.1 Å². The van der Waals surface area contributed by atoms with Gasteiger partial charge in [0.2, 0.25) is 11.1 Å². The van der Waals surface area contributed by atoms with Crippen molar-refractivity contribution in [3.05, 3.63) is 23.8 Å². The van der Waals surface area contributed by atoms with E-state index in [9.17, 15) is 4.79 Å². The van der Waals surface area contributed by atoms with E-state index in [0.717, 1.165) is 23.1 Å². The molecule has 2 aromatic rings. The number of tetrazole rings is 1. The summed E-state index contributed by atoms with van der Waals surface area (Å²) in [6.07, 6.45) is 6.63. The van der Waals surface area contributed by atoms with E-state index in [1.54, 1.807) is 11.8 Å². The maximum absolute atomic E-state index is 12.7. The molecule has 4 fully saturated rings. The number of ether oxygens (including phenoxy) is 1. The van der Waals surface area contributed by atoms with E-state index < -0.39 is 0 Å². The summed E-state index contributed by atoms with van der Waals surface area (Å²) >= 11 is 1.37. The van der Waals surface area contributed by atoms with Crippen molar-refractivity contribution in [2.24, 2.45) is 23.7 Å². The maximum atomic E-state index is 12.7. The summed E-state index contributed by atoms with van der Waals surface area (Å²) in [5.74, 6) is 4.28. The Balaban J connectivity index is 1.24. The van der Waals surface area contributed by atoms with Gasteiger partial charge in [-0.1, -0.05) is 17.8 Å². The predicted molar refractivity (Wildman–Crippen MR) is 110 cm³/mol. The lowest BCUT2D eigenvalue weighted by Crippen LogP contribution is -2.56. The Morgan fingerprint density at radius 1 is 1.21 bits per heavy atom. The fourth-order valence-corrected chi connectivity index (χ4v) is 6.60. The van der Waals surface area contributed by atoms with Crippen LogP contribution in [0, 0.1) is 30.6 Å². The average molecular weight is 414 g/mol. The molecule has 0 atom stereocenters. The highest BCUT2D eigenvalue weighted by molar-refractivity contribution is 7.99. The molecule has 0 spiro atoms. The van der Waals surface area contributed by atoms with Crippen molar-refractivity contribution in [2.45, 2.75) is 50.2 Å². The summed E-state index contributed by atoms with van der Waals surface area (Å²) in [6.45, 7) is 2.01. The lowest BCUT2D eigenvalue weighted by Gasteiger charge is -2.54. The van der Waals surface area contributed by atoms with Gasteiger partial charge in [-0.05, 0) is 90.8 Å². The first-order valence-corrected chi connectivity index (χ1v) is 11.4. The number of nitrogens with one attached hydrogen (secondary N) is 1. The summed E-state index contributed by atoms with van der Waals surface area (Å²) in [4.78, 5) is 12.7. The van der Waals surface area contributed by atoms with E-state index >= 15 is 0 Å². The molecule has 1 aromatic heterocycles. The predicted octanol–water partition coefficient (Wildman–Crippen LogP) is 3.01. The number of hydrogen-bond acceptors (Lipinski definition) is 6. The van der Waals surface area contributed by atoms with Gasteiger partial charge in [-0.25, -0.2) is 0 Å². The van der Waals surface area contributed by atoms with Gasteiger partial charge in [0.15, 0.2) is 0 Å². The zero-order chi connectivity index (χ0) is 20.0. The molecule has 0 unspecified atom stereocenters. The van der Waals surface area contributed by atoms with Crippen LogP contribution >= 0.6 is 11.8 Å². The molecule has 0 aliphatic heterocycles. The number of aromatic nitrogens is 4. The molecule has 4 aliphatic rings. The van der Waals surface area contributed by atoms with Crippen molar-refractivity contribution in [2.75, 3.05) is 12.9 Å². The minimum absolute atomic E-state index is 0.0817. The van der Waals surface area contributed by atoms with Crippen LogP contribution < -0.4 is 10.1 Å². The van der Waals surface area contributed by atoms with Crippen LogP contribution in [0.15, 0.2) is 23.4 Å². The minimum atomic E-state index is 0.0817. The van der Waals surface area contributed by atoms with Crippen LogP contribution in [0.1, 0.15) is 37.7 Å².